The number of nitrogens with zero attached hydrogens (tertiary/aromatic N) is 2. The molecule has 2 aromatic carbocycles. The third kappa shape index (κ3) is 6.57. The number of ether oxygens (including phenoxy) is 2. The Morgan fingerprint density at radius 3 is 2.41 bits per heavy atom. The SMILES string of the molecule is C=C(C)C(C(=O)OCc1ccc([N+](=O)[O-])cc1)N1C(=O)C(NC(=O)COc2ccccc2)C1S(=O)OC. The number of carbonyl (C=O) groups is 3. The molecule has 2 aromatic rings. The van der Waals surface area contributed by atoms with Crippen LogP contribution in [0.3, 0.4) is 0 Å². The van der Waals surface area contributed by atoms with Gasteiger partial charge in [0.1, 0.15) is 18.4 Å². The molecule has 1 aliphatic heterocycles. The van der Waals surface area contributed by atoms with Gasteiger partial charge in [0.25, 0.3) is 17.5 Å². The van der Waals surface area contributed by atoms with E-state index in [0.717, 1.165) is 12.0 Å². The topological polar surface area (TPSA) is 154 Å². The lowest BCUT2D eigenvalue weighted by Crippen LogP contribution is -2.75. The number of rotatable bonds is 12. The van der Waals surface area contributed by atoms with Crippen LogP contribution in [0, 0.1) is 10.1 Å². The number of β-lactam (4-membered cyclic amide) rings is 1. The fourth-order valence-corrected chi connectivity index (χ4v) is 4.59. The lowest BCUT2D eigenvalue weighted by atomic mass is 9.99. The van der Waals surface area contributed by atoms with E-state index in [2.05, 4.69) is 11.9 Å². The van der Waals surface area contributed by atoms with Crippen LogP contribution in [-0.4, -0.2) is 63.0 Å². The van der Waals surface area contributed by atoms with Crippen molar-refractivity contribution in [3.8, 4) is 5.75 Å². The molecule has 196 valence electrons. The maximum Gasteiger partial charge on any atom is 0.333 e. The average molecular weight is 532 g/mol. The Morgan fingerprint density at radius 1 is 1.19 bits per heavy atom. The van der Waals surface area contributed by atoms with E-state index in [-0.39, 0.29) is 24.5 Å². The molecule has 1 saturated heterocycles. The van der Waals surface area contributed by atoms with Gasteiger partial charge in [0.2, 0.25) is 0 Å². The van der Waals surface area contributed by atoms with Crippen molar-refractivity contribution in [3.05, 3.63) is 82.4 Å². The average Bonchev–Trinajstić information content (AvgIpc) is 2.89. The van der Waals surface area contributed by atoms with E-state index >= 15 is 0 Å². The number of benzene rings is 2. The molecule has 3 rings (SSSR count). The molecule has 1 N–H and O–H groups in total. The monoisotopic (exact) mass is 531 g/mol. The zero-order valence-electron chi connectivity index (χ0n) is 20.0. The van der Waals surface area contributed by atoms with Gasteiger partial charge >= 0.3 is 5.97 Å². The maximum atomic E-state index is 13.0. The van der Waals surface area contributed by atoms with Gasteiger partial charge in [-0.05, 0) is 42.3 Å². The number of carbonyl (C=O) groups excluding carboxylic acids is 3. The van der Waals surface area contributed by atoms with Gasteiger partial charge in [-0.3, -0.25) is 23.9 Å². The molecule has 13 heteroatoms. The first-order valence-corrected chi connectivity index (χ1v) is 12.1. The number of hydrogen-bond acceptors (Lipinski definition) is 9. The number of para-hydroxylation sites is 1. The normalized spacial score (nSPS) is 18.2. The van der Waals surface area contributed by atoms with Crippen LogP contribution < -0.4 is 10.1 Å². The summed E-state index contributed by atoms with van der Waals surface area (Å²) in [6, 6.07) is 11.4. The molecule has 4 unspecified atom stereocenters. The van der Waals surface area contributed by atoms with Gasteiger partial charge in [0.15, 0.2) is 29.1 Å². The molecule has 1 heterocycles. The smallest absolute Gasteiger partial charge is 0.333 e. The van der Waals surface area contributed by atoms with Crippen LogP contribution in [-0.2, 0) is 41.0 Å². The van der Waals surface area contributed by atoms with E-state index in [1.54, 1.807) is 30.3 Å². The fourth-order valence-electron chi connectivity index (χ4n) is 3.58. The predicted molar refractivity (Wildman–Crippen MR) is 131 cm³/mol. The first kappa shape index (κ1) is 27.5. The molecule has 0 bridgehead atoms. The number of non-ortho nitro benzene ring substituents is 1. The molecule has 1 aliphatic rings. The second-order valence-electron chi connectivity index (χ2n) is 7.99. The van der Waals surface area contributed by atoms with E-state index in [9.17, 15) is 28.7 Å². The third-order valence-corrected chi connectivity index (χ3v) is 6.59. The number of likely N-dealkylation sites (tertiary alicyclic amines) is 1. The highest BCUT2D eigenvalue weighted by Crippen LogP contribution is 2.30. The first-order chi connectivity index (χ1) is 17.6. The molecular weight excluding hydrogens is 506 g/mol. The number of nitro benzene ring substituents is 1. The van der Waals surface area contributed by atoms with E-state index in [1.807, 2.05) is 0 Å². The van der Waals surface area contributed by atoms with Crippen molar-refractivity contribution in [3.63, 3.8) is 0 Å². The maximum absolute atomic E-state index is 13.0. The van der Waals surface area contributed by atoms with E-state index in [4.69, 9.17) is 13.7 Å². The van der Waals surface area contributed by atoms with Crippen LogP contribution >= 0.6 is 0 Å². The van der Waals surface area contributed by atoms with Gasteiger partial charge in [-0.25, -0.2) is 9.00 Å². The Labute approximate surface area is 215 Å². The van der Waals surface area contributed by atoms with Crippen molar-refractivity contribution in [1.29, 1.82) is 0 Å². The number of nitro groups is 1. The molecular formula is C24H25N3O9S. The molecule has 12 nitrogen and oxygen atoms in total. The second-order valence-corrected chi connectivity index (χ2v) is 9.33. The van der Waals surface area contributed by atoms with E-state index < -0.39 is 51.2 Å². The molecule has 37 heavy (non-hydrogen) atoms. The van der Waals surface area contributed by atoms with Crippen LogP contribution in [0.2, 0.25) is 0 Å². The summed E-state index contributed by atoms with van der Waals surface area (Å²) < 4.78 is 28.2. The molecule has 0 radical (unpaired) electrons. The summed E-state index contributed by atoms with van der Waals surface area (Å²) >= 11 is -2.09. The molecule has 1 fully saturated rings. The van der Waals surface area contributed by atoms with Crippen LogP contribution in [0.25, 0.3) is 0 Å². The summed E-state index contributed by atoms with van der Waals surface area (Å²) in [5.74, 6) is -1.71. The minimum absolute atomic E-state index is 0.117. The van der Waals surface area contributed by atoms with Crippen LogP contribution in [0.1, 0.15) is 12.5 Å². The quantitative estimate of drug-likeness (QED) is 0.141. The van der Waals surface area contributed by atoms with Crippen molar-refractivity contribution >= 4 is 34.6 Å². The third-order valence-electron chi connectivity index (χ3n) is 5.37. The summed E-state index contributed by atoms with van der Waals surface area (Å²) in [5.41, 5.74) is 0.598. The summed E-state index contributed by atoms with van der Waals surface area (Å²) in [6.45, 7) is 4.64. The fraction of sp³-hybridized carbons (Fsp3) is 0.292. The van der Waals surface area contributed by atoms with Crippen molar-refractivity contribution in [2.75, 3.05) is 13.7 Å². The Balaban J connectivity index is 1.68. The first-order valence-electron chi connectivity index (χ1n) is 10.9. The van der Waals surface area contributed by atoms with Crippen molar-refractivity contribution in [1.82, 2.24) is 10.2 Å². The highest BCUT2D eigenvalue weighted by Gasteiger charge is 2.57. The van der Waals surface area contributed by atoms with Gasteiger partial charge < -0.3 is 19.7 Å². The van der Waals surface area contributed by atoms with Gasteiger partial charge in [-0.2, -0.15) is 0 Å². The molecule has 0 aromatic heterocycles. The summed E-state index contributed by atoms with van der Waals surface area (Å²) in [7, 11) is 1.16. The molecule has 0 aliphatic carbocycles. The largest absolute Gasteiger partial charge is 0.484 e. The van der Waals surface area contributed by atoms with Gasteiger partial charge in [0, 0.05) is 12.1 Å². The number of hydrogen-bond donors (Lipinski definition) is 1. The van der Waals surface area contributed by atoms with Crippen molar-refractivity contribution in [2.24, 2.45) is 0 Å². The summed E-state index contributed by atoms with van der Waals surface area (Å²) in [6.07, 6.45) is 0. The van der Waals surface area contributed by atoms with E-state index in [1.165, 1.54) is 31.2 Å². The van der Waals surface area contributed by atoms with Gasteiger partial charge in [-0.1, -0.05) is 24.8 Å². The van der Waals surface area contributed by atoms with Crippen LogP contribution in [0.4, 0.5) is 5.69 Å². The summed E-state index contributed by atoms with van der Waals surface area (Å²) in [4.78, 5) is 49.6. The zero-order valence-corrected chi connectivity index (χ0v) is 20.8. The van der Waals surface area contributed by atoms with Gasteiger partial charge in [-0.15, -0.1) is 0 Å². The molecule has 0 spiro atoms. The summed E-state index contributed by atoms with van der Waals surface area (Å²) in [5, 5.41) is 12.1. The molecule has 0 saturated carbocycles. The Hall–Kier alpha value is -4.10. The number of nitrogens with one attached hydrogen (secondary N) is 1. The minimum atomic E-state index is -2.09. The highest BCUT2D eigenvalue weighted by molar-refractivity contribution is 7.81. The standard InChI is InChI=1S/C24H25N3O9S/c1-15(2)21(24(30)36-13-16-9-11-17(12-10-16)27(31)32)26-22(29)20(23(26)37(33)34-3)25-19(28)14-35-18-7-5-4-6-8-18/h4-12,20-21,23H,1,13-14H2,2-3H3,(H,25,28). The molecule has 4 atom stereocenters. The number of esters is 1. The van der Waals surface area contributed by atoms with Crippen molar-refractivity contribution in [2.45, 2.75) is 31.0 Å². The lowest BCUT2D eigenvalue weighted by molar-refractivity contribution is -0.384. The zero-order chi connectivity index (χ0) is 27.1. The Kier molecular flexibility index (Phi) is 9.09. The highest BCUT2D eigenvalue weighted by atomic mass is 32.2. The minimum Gasteiger partial charge on any atom is -0.484 e. The van der Waals surface area contributed by atoms with Gasteiger partial charge in [0.05, 0.1) is 12.0 Å². The van der Waals surface area contributed by atoms with Crippen molar-refractivity contribution < 1.29 is 37.2 Å². The lowest BCUT2D eigenvalue weighted by Gasteiger charge is -2.48. The Bertz CT molecular complexity index is 1200. The van der Waals surface area contributed by atoms with E-state index in [0.29, 0.717) is 11.3 Å². The molecule has 2 amide bonds. The van der Waals surface area contributed by atoms with Crippen LogP contribution in [0.15, 0.2) is 66.7 Å². The Morgan fingerprint density at radius 2 is 1.84 bits per heavy atom. The predicted octanol–water partition coefficient (Wildman–Crippen LogP) is 1.62. The van der Waals surface area contributed by atoms with Crippen LogP contribution in [0.5, 0.6) is 5.75 Å². The number of amides is 2. The second kappa shape index (κ2) is 12.2.